The molecule has 1 aromatic rings. The van der Waals surface area contributed by atoms with E-state index in [2.05, 4.69) is 68.2 Å². The highest BCUT2D eigenvalue weighted by Crippen LogP contribution is 2.55. The zero-order valence-electron chi connectivity index (χ0n) is 16.9. The van der Waals surface area contributed by atoms with E-state index in [9.17, 15) is 4.79 Å². The molecule has 2 aliphatic rings. The van der Waals surface area contributed by atoms with E-state index < -0.39 is 0 Å². The molecule has 0 radical (unpaired) electrons. The van der Waals surface area contributed by atoms with Gasteiger partial charge >= 0.3 is 6.03 Å². The average molecular weight is 358 g/mol. The van der Waals surface area contributed by atoms with Crippen molar-refractivity contribution in [2.45, 2.75) is 59.0 Å². The van der Waals surface area contributed by atoms with Crippen molar-refractivity contribution < 1.29 is 4.79 Å². The summed E-state index contributed by atoms with van der Waals surface area (Å²) in [5.41, 5.74) is 1.77. The van der Waals surface area contributed by atoms with Crippen molar-refractivity contribution >= 4 is 6.03 Å². The van der Waals surface area contributed by atoms with Gasteiger partial charge in [-0.15, -0.1) is 0 Å². The van der Waals surface area contributed by atoms with Crippen LogP contribution in [0.15, 0.2) is 30.3 Å². The van der Waals surface area contributed by atoms with Crippen LogP contribution in [0.4, 0.5) is 4.79 Å². The maximum absolute atomic E-state index is 12.4. The number of likely N-dealkylation sites (tertiary alicyclic amines) is 2. The molecule has 1 spiro atoms. The summed E-state index contributed by atoms with van der Waals surface area (Å²) in [7, 11) is 0. The van der Waals surface area contributed by atoms with Crippen LogP contribution in [-0.4, -0.2) is 48.1 Å². The van der Waals surface area contributed by atoms with Crippen LogP contribution >= 0.6 is 0 Å². The second-order valence-electron chi connectivity index (χ2n) is 8.84. The van der Waals surface area contributed by atoms with Crippen LogP contribution in [0, 0.1) is 11.3 Å². The maximum atomic E-state index is 12.4. The lowest BCUT2D eigenvalue weighted by molar-refractivity contribution is -0.123. The van der Waals surface area contributed by atoms with Gasteiger partial charge in [0.05, 0.1) is 0 Å². The van der Waals surface area contributed by atoms with Crippen LogP contribution in [-0.2, 0) is 0 Å². The molecule has 0 saturated carbocycles. The van der Waals surface area contributed by atoms with E-state index in [0.717, 1.165) is 45.4 Å². The van der Waals surface area contributed by atoms with Gasteiger partial charge in [0.15, 0.2) is 0 Å². The van der Waals surface area contributed by atoms with Gasteiger partial charge in [-0.05, 0) is 44.6 Å². The Morgan fingerprint density at radius 3 is 2.38 bits per heavy atom. The molecule has 1 atom stereocenters. The molecule has 0 aromatic heterocycles. The predicted molar refractivity (Wildman–Crippen MR) is 107 cm³/mol. The first-order valence-electron chi connectivity index (χ1n) is 10.3. The number of carbonyl (C=O) groups excluding carboxylic acids is 1. The molecule has 26 heavy (non-hydrogen) atoms. The topological polar surface area (TPSA) is 35.6 Å². The SMILES string of the molecule is CC(C)CCNC(=O)N1CCC2(CC1)CN(C(C)C)C2c1ccccc1. The number of benzene rings is 1. The number of amides is 2. The lowest BCUT2D eigenvalue weighted by Crippen LogP contribution is -2.64. The monoisotopic (exact) mass is 357 g/mol. The minimum atomic E-state index is 0.122. The normalized spacial score (nSPS) is 22.7. The zero-order valence-corrected chi connectivity index (χ0v) is 16.9. The van der Waals surface area contributed by atoms with E-state index in [1.54, 1.807) is 0 Å². The van der Waals surface area contributed by atoms with Crippen molar-refractivity contribution in [2.75, 3.05) is 26.2 Å². The van der Waals surface area contributed by atoms with Gasteiger partial charge in [-0.1, -0.05) is 44.2 Å². The number of hydrogen-bond acceptors (Lipinski definition) is 2. The molecule has 2 saturated heterocycles. The Balaban J connectivity index is 1.61. The van der Waals surface area contributed by atoms with E-state index in [1.165, 1.54) is 5.56 Å². The van der Waals surface area contributed by atoms with E-state index >= 15 is 0 Å². The fourth-order valence-electron chi connectivity index (χ4n) is 4.61. The number of nitrogens with one attached hydrogen (secondary N) is 1. The summed E-state index contributed by atoms with van der Waals surface area (Å²) in [5.74, 6) is 0.628. The smallest absolute Gasteiger partial charge is 0.317 e. The third-order valence-electron chi connectivity index (χ3n) is 6.23. The third-order valence-corrected chi connectivity index (χ3v) is 6.23. The number of carbonyl (C=O) groups is 1. The number of urea groups is 1. The van der Waals surface area contributed by atoms with Gasteiger partial charge in [0, 0.05) is 43.7 Å². The minimum Gasteiger partial charge on any atom is -0.338 e. The molecule has 2 amide bonds. The molecule has 0 bridgehead atoms. The summed E-state index contributed by atoms with van der Waals surface area (Å²) in [6, 6.07) is 12.1. The standard InChI is InChI=1S/C22H35N3O/c1-17(2)10-13-23-21(26)24-14-11-22(12-15-24)16-25(18(3)4)20(22)19-8-6-5-7-9-19/h5-9,17-18,20H,10-16H2,1-4H3,(H,23,26). The van der Waals surface area contributed by atoms with Crippen LogP contribution < -0.4 is 5.32 Å². The molecule has 144 valence electrons. The Hall–Kier alpha value is -1.55. The number of piperidine rings is 1. The molecule has 4 heteroatoms. The van der Waals surface area contributed by atoms with E-state index in [1.807, 2.05) is 4.90 Å². The van der Waals surface area contributed by atoms with Gasteiger partial charge < -0.3 is 10.2 Å². The second-order valence-corrected chi connectivity index (χ2v) is 8.84. The summed E-state index contributed by atoms with van der Waals surface area (Å²) < 4.78 is 0. The van der Waals surface area contributed by atoms with Crippen molar-refractivity contribution in [1.29, 1.82) is 0 Å². The van der Waals surface area contributed by atoms with Crippen LogP contribution in [0.5, 0.6) is 0 Å². The highest BCUT2D eigenvalue weighted by atomic mass is 16.2. The quantitative estimate of drug-likeness (QED) is 0.853. The van der Waals surface area contributed by atoms with Gasteiger partial charge in [0.25, 0.3) is 0 Å². The van der Waals surface area contributed by atoms with Crippen molar-refractivity contribution in [3.63, 3.8) is 0 Å². The molecular formula is C22H35N3O. The molecule has 2 aliphatic heterocycles. The zero-order chi connectivity index (χ0) is 18.7. The van der Waals surface area contributed by atoms with Crippen LogP contribution in [0.25, 0.3) is 0 Å². The Morgan fingerprint density at radius 2 is 1.81 bits per heavy atom. The highest BCUT2D eigenvalue weighted by Gasteiger charge is 2.54. The number of rotatable bonds is 5. The first-order chi connectivity index (χ1) is 12.4. The lowest BCUT2D eigenvalue weighted by Gasteiger charge is -2.62. The first-order valence-corrected chi connectivity index (χ1v) is 10.3. The van der Waals surface area contributed by atoms with Crippen LogP contribution in [0.2, 0.25) is 0 Å². The fraction of sp³-hybridized carbons (Fsp3) is 0.682. The van der Waals surface area contributed by atoms with E-state index in [0.29, 0.717) is 23.4 Å². The number of hydrogen-bond donors (Lipinski definition) is 1. The molecule has 1 aromatic carbocycles. The molecule has 4 nitrogen and oxygen atoms in total. The molecule has 0 aliphatic carbocycles. The molecular weight excluding hydrogens is 322 g/mol. The summed E-state index contributed by atoms with van der Waals surface area (Å²) in [6.07, 6.45) is 3.25. The summed E-state index contributed by atoms with van der Waals surface area (Å²) in [5, 5.41) is 3.09. The van der Waals surface area contributed by atoms with Crippen LogP contribution in [0.1, 0.15) is 58.6 Å². The van der Waals surface area contributed by atoms with Crippen molar-refractivity contribution in [3.8, 4) is 0 Å². The van der Waals surface area contributed by atoms with E-state index in [4.69, 9.17) is 0 Å². The molecule has 2 heterocycles. The van der Waals surface area contributed by atoms with Gasteiger partial charge in [-0.2, -0.15) is 0 Å². The van der Waals surface area contributed by atoms with Gasteiger partial charge in [-0.25, -0.2) is 4.79 Å². The van der Waals surface area contributed by atoms with Crippen molar-refractivity contribution in [3.05, 3.63) is 35.9 Å². The molecule has 2 fully saturated rings. The first kappa shape index (κ1) is 19.2. The minimum absolute atomic E-state index is 0.122. The average Bonchev–Trinajstić information content (AvgIpc) is 2.60. The predicted octanol–water partition coefficient (Wildman–Crippen LogP) is 4.29. The molecule has 3 rings (SSSR count). The van der Waals surface area contributed by atoms with Crippen LogP contribution in [0.3, 0.4) is 0 Å². The Labute approximate surface area is 158 Å². The Bertz CT molecular complexity index is 591. The van der Waals surface area contributed by atoms with Gasteiger partial charge in [0.1, 0.15) is 0 Å². The third kappa shape index (κ3) is 3.90. The Morgan fingerprint density at radius 1 is 1.15 bits per heavy atom. The van der Waals surface area contributed by atoms with Gasteiger partial charge in [0.2, 0.25) is 0 Å². The summed E-state index contributed by atoms with van der Waals surface area (Å²) in [4.78, 5) is 17.1. The molecule has 1 unspecified atom stereocenters. The summed E-state index contributed by atoms with van der Waals surface area (Å²) in [6.45, 7) is 12.7. The van der Waals surface area contributed by atoms with Crippen molar-refractivity contribution in [2.24, 2.45) is 11.3 Å². The number of nitrogens with zero attached hydrogens (tertiary/aromatic N) is 2. The maximum Gasteiger partial charge on any atom is 0.317 e. The van der Waals surface area contributed by atoms with Gasteiger partial charge in [-0.3, -0.25) is 4.90 Å². The molecule has 1 N–H and O–H groups in total. The highest BCUT2D eigenvalue weighted by molar-refractivity contribution is 5.74. The van der Waals surface area contributed by atoms with Crippen molar-refractivity contribution in [1.82, 2.24) is 15.1 Å². The lowest BCUT2D eigenvalue weighted by atomic mass is 9.62. The fourth-order valence-corrected chi connectivity index (χ4v) is 4.61. The Kier molecular flexibility index (Phi) is 5.91. The van der Waals surface area contributed by atoms with E-state index in [-0.39, 0.29) is 6.03 Å². The summed E-state index contributed by atoms with van der Waals surface area (Å²) >= 11 is 0. The largest absolute Gasteiger partial charge is 0.338 e. The second kappa shape index (κ2) is 7.99.